The van der Waals surface area contributed by atoms with Crippen molar-refractivity contribution in [2.45, 2.75) is 84.5 Å². The highest BCUT2D eigenvalue weighted by Gasteiger charge is 2.27. The second-order valence-corrected chi connectivity index (χ2v) is 10.3. The minimum absolute atomic E-state index is 0.124. The molecular formula is C30H42ClNO4. The third-order valence-electron chi connectivity index (χ3n) is 7.19. The standard InChI is InChI=1S/C30H42ClNO4/c1-5-29(27-11-7-9-21(3)26(27)14-15-30(34)35-6-2)36-20-25(33)19-32-16-8-10-24(32)17-23-13-12-22(4)28(31)18-23/h7,9,11-13,18,24-25,29,33H,5-6,8,10,14-17,19-20H2,1-4H3/t24-,25+,29+/m0/s1. The zero-order chi connectivity index (χ0) is 26.1. The maximum Gasteiger partial charge on any atom is 0.306 e. The second-order valence-electron chi connectivity index (χ2n) is 9.91. The summed E-state index contributed by atoms with van der Waals surface area (Å²) in [6.07, 6.45) is 4.30. The van der Waals surface area contributed by atoms with Crippen molar-refractivity contribution in [3.63, 3.8) is 0 Å². The number of aliphatic hydroxyl groups is 1. The third kappa shape index (κ3) is 8.04. The lowest BCUT2D eigenvalue weighted by molar-refractivity contribution is -0.143. The summed E-state index contributed by atoms with van der Waals surface area (Å²) in [6, 6.07) is 12.9. The molecule has 6 heteroatoms. The number of hydrogen-bond donors (Lipinski definition) is 1. The van der Waals surface area contributed by atoms with Gasteiger partial charge in [0.05, 0.1) is 25.4 Å². The van der Waals surface area contributed by atoms with Gasteiger partial charge in [-0.3, -0.25) is 9.69 Å². The van der Waals surface area contributed by atoms with Crippen molar-refractivity contribution in [2.24, 2.45) is 0 Å². The summed E-state index contributed by atoms with van der Waals surface area (Å²) >= 11 is 6.33. The van der Waals surface area contributed by atoms with E-state index >= 15 is 0 Å². The van der Waals surface area contributed by atoms with Crippen LogP contribution in [0, 0.1) is 13.8 Å². The van der Waals surface area contributed by atoms with E-state index in [0.717, 1.165) is 59.5 Å². The molecule has 198 valence electrons. The fourth-order valence-corrected chi connectivity index (χ4v) is 5.41. The number of carbonyl (C=O) groups excluding carboxylic acids is 1. The fraction of sp³-hybridized carbons (Fsp3) is 0.567. The van der Waals surface area contributed by atoms with Crippen LogP contribution in [0.15, 0.2) is 36.4 Å². The van der Waals surface area contributed by atoms with Crippen LogP contribution >= 0.6 is 11.6 Å². The van der Waals surface area contributed by atoms with Crippen molar-refractivity contribution in [1.29, 1.82) is 0 Å². The molecule has 0 unspecified atom stereocenters. The Balaban J connectivity index is 1.57. The predicted molar refractivity (Wildman–Crippen MR) is 146 cm³/mol. The van der Waals surface area contributed by atoms with E-state index in [0.29, 0.717) is 32.0 Å². The van der Waals surface area contributed by atoms with Crippen molar-refractivity contribution in [3.8, 4) is 0 Å². The maximum atomic E-state index is 11.9. The van der Waals surface area contributed by atoms with Crippen LogP contribution in [0.1, 0.15) is 73.5 Å². The summed E-state index contributed by atoms with van der Waals surface area (Å²) in [7, 11) is 0. The van der Waals surface area contributed by atoms with Gasteiger partial charge < -0.3 is 14.6 Å². The number of hydrogen-bond acceptors (Lipinski definition) is 5. The monoisotopic (exact) mass is 515 g/mol. The van der Waals surface area contributed by atoms with Crippen LogP contribution in [0.5, 0.6) is 0 Å². The van der Waals surface area contributed by atoms with Crippen molar-refractivity contribution in [3.05, 3.63) is 69.2 Å². The molecule has 0 aromatic heterocycles. The SMILES string of the molecule is CCOC(=O)CCc1c(C)cccc1[C@@H](CC)OC[C@H](O)CN1CCC[C@H]1Cc1ccc(C)c(Cl)c1. The summed E-state index contributed by atoms with van der Waals surface area (Å²) in [6.45, 7) is 10.3. The van der Waals surface area contributed by atoms with Crippen LogP contribution < -0.4 is 0 Å². The van der Waals surface area contributed by atoms with Crippen molar-refractivity contribution >= 4 is 17.6 Å². The molecule has 0 aliphatic carbocycles. The Morgan fingerprint density at radius 1 is 1.19 bits per heavy atom. The Morgan fingerprint density at radius 3 is 2.72 bits per heavy atom. The van der Waals surface area contributed by atoms with Gasteiger partial charge in [-0.05, 0) is 93.3 Å². The van der Waals surface area contributed by atoms with Gasteiger partial charge in [0.2, 0.25) is 0 Å². The maximum absolute atomic E-state index is 11.9. The van der Waals surface area contributed by atoms with Crippen molar-refractivity contribution in [2.75, 3.05) is 26.3 Å². The molecule has 1 saturated heterocycles. The zero-order valence-electron chi connectivity index (χ0n) is 22.3. The van der Waals surface area contributed by atoms with E-state index in [1.165, 1.54) is 5.56 Å². The molecule has 0 saturated carbocycles. The largest absolute Gasteiger partial charge is 0.466 e. The molecule has 1 heterocycles. The van der Waals surface area contributed by atoms with Gasteiger partial charge in [-0.2, -0.15) is 0 Å². The van der Waals surface area contributed by atoms with E-state index in [4.69, 9.17) is 21.1 Å². The molecular weight excluding hydrogens is 474 g/mol. The number of nitrogens with zero attached hydrogens (tertiary/aromatic N) is 1. The molecule has 1 aliphatic heterocycles. The number of β-amino-alcohol motifs (C(OH)–C–C–N with tert-alkyl or cyclic N) is 1. The highest BCUT2D eigenvalue weighted by Crippen LogP contribution is 2.29. The van der Waals surface area contributed by atoms with Crippen LogP contribution in [0.3, 0.4) is 0 Å². The highest BCUT2D eigenvalue weighted by molar-refractivity contribution is 6.31. The second kappa shape index (κ2) is 14.1. The molecule has 2 aromatic carbocycles. The first-order valence-corrected chi connectivity index (χ1v) is 13.7. The third-order valence-corrected chi connectivity index (χ3v) is 7.60. The smallest absolute Gasteiger partial charge is 0.306 e. The first kappa shape index (κ1) is 28.6. The Hall–Kier alpha value is -1.92. The number of carbonyl (C=O) groups is 1. The van der Waals surface area contributed by atoms with E-state index in [9.17, 15) is 9.90 Å². The number of aliphatic hydroxyl groups excluding tert-OH is 1. The zero-order valence-corrected chi connectivity index (χ0v) is 23.0. The Morgan fingerprint density at radius 2 is 2.00 bits per heavy atom. The van der Waals surface area contributed by atoms with E-state index in [-0.39, 0.29) is 18.7 Å². The average molecular weight is 516 g/mol. The molecule has 3 atom stereocenters. The molecule has 2 aromatic rings. The first-order chi connectivity index (χ1) is 17.3. The molecule has 5 nitrogen and oxygen atoms in total. The minimum atomic E-state index is -0.561. The lowest BCUT2D eigenvalue weighted by Gasteiger charge is -2.28. The number of likely N-dealkylation sites (tertiary alicyclic amines) is 1. The molecule has 0 spiro atoms. The van der Waals surface area contributed by atoms with E-state index in [2.05, 4.69) is 49.1 Å². The van der Waals surface area contributed by atoms with E-state index < -0.39 is 6.10 Å². The number of benzene rings is 2. The quantitative estimate of drug-likeness (QED) is 0.332. The summed E-state index contributed by atoms with van der Waals surface area (Å²) in [5, 5.41) is 11.7. The van der Waals surface area contributed by atoms with Crippen LogP contribution in [-0.4, -0.2) is 54.4 Å². The van der Waals surface area contributed by atoms with Crippen LogP contribution in [0.2, 0.25) is 5.02 Å². The highest BCUT2D eigenvalue weighted by atomic mass is 35.5. The number of aryl methyl sites for hydroxylation is 2. The average Bonchev–Trinajstić information content (AvgIpc) is 3.27. The number of ether oxygens (including phenoxy) is 2. The summed E-state index contributed by atoms with van der Waals surface area (Å²) < 4.78 is 11.4. The topological polar surface area (TPSA) is 59.0 Å². The molecule has 3 rings (SSSR count). The lowest BCUT2D eigenvalue weighted by Crippen LogP contribution is -2.39. The fourth-order valence-electron chi connectivity index (χ4n) is 5.21. The number of esters is 1. The minimum Gasteiger partial charge on any atom is -0.466 e. The van der Waals surface area contributed by atoms with E-state index in [1.807, 2.05) is 19.9 Å². The first-order valence-electron chi connectivity index (χ1n) is 13.3. The van der Waals surface area contributed by atoms with Crippen LogP contribution in [0.4, 0.5) is 0 Å². The van der Waals surface area contributed by atoms with Gasteiger partial charge in [-0.1, -0.05) is 48.9 Å². The van der Waals surface area contributed by atoms with Gasteiger partial charge in [0.1, 0.15) is 0 Å². The molecule has 0 bridgehead atoms. The van der Waals surface area contributed by atoms with Gasteiger partial charge in [-0.25, -0.2) is 0 Å². The molecule has 36 heavy (non-hydrogen) atoms. The van der Waals surface area contributed by atoms with Gasteiger partial charge in [0, 0.05) is 24.0 Å². The summed E-state index contributed by atoms with van der Waals surface area (Å²) in [5.41, 5.74) is 5.73. The molecule has 1 aliphatic rings. The Kier molecular flexibility index (Phi) is 11.2. The van der Waals surface area contributed by atoms with Gasteiger partial charge in [-0.15, -0.1) is 0 Å². The Bertz CT molecular complexity index is 995. The van der Waals surface area contributed by atoms with Gasteiger partial charge in [0.25, 0.3) is 0 Å². The normalized spacial score (nSPS) is 17.8. The van der Waals surface area contributed by atoms with Crippen LogP contribution in [-0.2, 0) is 27.1 Å². The summed E-state index contributed by atoms with van der Waals surface area (Å²) in [5.74, 6) is -0.177. The molecule has 1 fully saturated rings. The van der Waals surface area contributed by atoms with Gasteiger partial charge >= 0.3 is 5.97 Å². The van der Waals surface area contributed by atoms with E-state index in [1.54, 1.807) is 0 Å². The molecule has 0 amide bonds. The molecule has 1 N–H and O–H groups in total. The van der Waals surface area contributed by atoms with Crippen molar-refractivity contribution < 1.29 is 19.4 Å². The van der Waals surface area contributed by atoms with Crippen molar-refractivity contribution in [1.82, 2.24) is 4.90 Å². The predicted octanol–water partition coefficient (Wildman–Crippen LogP) is 5.99. The molecule has 0 radical (unpaired) electrons. The summed E-state index contributed by atoms with van der Waals surface area (Å²) in [4.78, 5) is 14.3. The van der Waals surface area contributed by atoms with Gasteiger partial charge in [0.15, 0.2) is 0 Å². The number of halogens is 1. The lowest BCUT2D eigenvalue weighted by atomic mass is 9.93. The van der Waals surface area contributed by atoms with Crippen LogP contribution in [0.25, 0.3) is 0 Å². The Labute approximate surface area is 221 Å². The number of rotatable bonds is 13.